The van der Waals surface area contributed by atoms with Crippen LogP contribution in [0.15, 0.2) is 34.7 Å². The number of furan rings is 1. The van der Waals surface area contributed by atoms with Crippen LogP contribution in [0.25, 0.3) is 0 Å². The lowest BCUT2D eigenvalue weighted by atomic mass is 9.92. The SMILES string of the molecule is Cc1cc2c(o1)CC(C)NC2c1ccc(F)cc1. The van der Waals surface area contributed by atoms with E-state index in [1.54, 1.807) is 0 Å². The second kappa shape index (κ2) is 4.25. The molecular weight excluding hydrogens is 229 g/mol. The molecule has 2 unspecified atom stereocenters. The molecule has 2 aromatic rings. The molecule has 3 rings (SSSR count). The van der Waals surface area contributed by atoms with Crippen molar-refractivity contribution in [3.63, 3.8) is 0 Å². The molecule has 1 N–H and O–H groups in total. The zero-order valence-electron chi connectivity index (χ0n) is 10.5. The van der Waals surface area contributed by atoms with Gasteiger partial charge in [0.15, 0.2) is 0 Å². The van der Waals surface area contributed by atoms with E-state index < -0.39 is 0 Å². The van der Waals surface area contributed by atoms with Gasteiger partial charge >= 0.3 is 0 Å². The molecular formula is C15H16FNO. The first kappa shape index (κ1) is 11.5. The minimum atomic E-state index is -0.203. The number of rotatable bonds is 1. The van der Waals surface area contributed by atoms with Crippen LogP contribution in [-0.2, 0) is 6.42 Å². The molecule has 0 bridgehead atoms. The van der Waals surface area contributed by atoms with Gasteiger partial charge in [-0.15, -0.1) is 0 Å². The van der Waals surface area contributed by atoms with E-state index in [1.807, 2.05) is 19.1 Å². The summed E-state index contributed by atoms with van der Waals surface area (Å²) >= 11 is 0. The quantitative estimate of drug-likeness (QED) is 0.833. The number of hydrogen-bond donors (Lipinski definition) is 1. The number of hydrogen-bond acceptors (Lipinski definition) is 2. The maximum Gasteiger partial charge on any atom is 0.123 e. The van der Waals surface area contributed by atoms with E-state index in [0.29, 0.717) is 6.04 Å². The first-order valence-corrected chi connectivity index (χ1v) is 6.24. The summed E-state index contributed by atoms with van der Waals surface area (Å²) in [7, 11) is 0. The predicted octanol–water partition coefficient (Wildman–Crippen LogP) is 3.35. The van der Waals surface area contributed by atoms with Gasteiger partial charge in [0.2, 0.25) is 0 Å². The topological polar surface area (TPSA) is 25.2 Å². The van der Waals surface area contributed by atoms with Crippen LogP contribution in [0.1, 0.15) is 35.6 Å². The van der Waals surface area contributed by atoms with E-state index in [0.717, 1.165) is 23.5 Å². The number of halogens is 1. The lowest BCUT2D eigenvalue weighted by molar-refractivity contribution is 0.392. The van der Waals surface area contributed by atoms with Crippen LogP contribution in [0.2, 0.25) is 0 Å². The van der Waals surface area contributed by atoms with Gasteiger partial charge in [-0.05, 0) is 37.6 Å². The highest BCUT2D eigenvalue weighted by Crippen LogP contribution is 2.32. The van der Waals surface area contributed by atoms with Gasteiger partial charge in [0.25, 0.3) is 0 Å². The fraction of sp³-hybridized carbons (Fsp3) is 0.333. The Hall–Kier alpha value is -1.61. The van der Waals surface area contributed by atoms with Crippen LogP contribution >= 0.6 is 0 Å². The van der Waals surface area contributed by atoms with Gasteiger partial charge in [-0.2, -0.15) is 0 Å². The van der Waals surface area contributed by atoms with E-state index in [1.165, 1.54) is 17.7 Å². The van der Waals surface area contributed by atoms with Gasteiger partial charge in [-0.1, -0.05) is 12.1 Å². The van der Waals surface area contributed by atoms with Crippen molar-refractivity contribution >= 4 is 0 Å². The van der Waals surface area contributed by atoms with Crippen molar-refractivity contribution < 1.29 is 8.81 Å². The van der Waals surface area contributed by atoms with Crippen LogP contribution in [0.3, 0.4) is 0 Å². The molecule has 3 heteroatoms. The Morgan fingerprint density at radius 3 is 2.72 bits per heavy atom. The summed E-state index contributed by atoms with van der Waals surface area (Å²) in [6.07, 6.45) is 0.904. The van der Waals surface area contributed by atoms with Gasteiger partial charge in [-0.3, -0.25) is 0 Å². The average molecular weight is 245 g/mol. The summed E-state index contributed by atoms with van der Waals surface area (Å²) in [5.74, 6) is 1.78. The lowest BCUT2D eigenvalue weighted by Crippen LogP contribution is -2.37. The first-order valence-electron chi connectivity index (χ1n) is 6.24. The molecule has 2 nitrogen and oxygen atoms in total. The number of fused-ring (bicyclic) bond motifs is 1. The van der Waals surface area contributed by atoms with Gasteiger partial charge in [0, 0.05) is 18.0 Å². The molecule has 1 aromatic carbocycles. The van der Waals surface area contributed by atoms with Crippen molar-refractivity contribution in [2.24, 2.45) is 0 Å². The highest BCUT2D eigenvalue weighted by atomic mass is 19.1. The summed E-state index contributed by atoms with van der Waals surface area (Å²) in [6.45, 7) is 4.10. The molecule has 1 aliphatic rings. The van der Waals surface area contributed by atoms with Crippen molar-refractivity contribution in [3.05, 3.63) is 58.8 Å². The van der Waals surface area contributed by atoms with Gasteiger partial charge in [-0.25, -0.2) is 4.39 Å². The van der Waals surface area contributed by atoms with E-state index in [9.17, 15) is 4.39 Å². The Balaban J connectivity index is 2.04. The largest absolute Gasteiger partial charge is 0.466 e. The van der Waals surface area contributed by atoms with Crippen LogP contribution in [0, 0.1) is 12.7 Å². The lowest BCUT2D eigenvalue weighted by Gasteiger charge is -2.28. The Morgan fingerprint density at radius 1 is 1.28 bits per heavy atom. The molecule has 1 aromatic heterocycles. The van der Waals surface area contributed by atoms with Crippen LogP contribution < -0.4 is 5.32 Å². The molecule has 94 valence electrons. The fourth-order valence-electron chi connectivity index (χ4n) is 2.63. The summed E-state index contributed by atoms with van der Waals surface area (Å²) in [6, 6.07) is 9.20. The third-order valence-electron chi connectivity index (χ3n) is 3.42. The predicted molar refractivity (Wildman–Crippen MR) is 68.0 cm³/mol. The summed E-state index contributed by atoms with van der Waals surface area (Å²) in [5.41, 5.74) is 2.25. The molecule has 1 aliphatic heterocycles. The van der Waals surface area contributed by atoms with Crippen molar-refractivity contribution in [2.45, 2.75) is 32.4 Å². The Labute approximate surface area is 106 Å². The molecule has 0 saturated carbocycles. The standard InChI is InChI=1S/C15H16FNO/c1-9-7-14-13(8-10(2)18-14)15(17-9)11-3-5-12(16)6-4-11/h3-6,8-9,15,17H,7H2,1-2H3. The van der Waals surface area contributed by atoms with Gasteiger partial charge < -0.3 is 9.73 Å². The Morgan fingerprint density at radius 2 is 2.00 bits per heavy atom. The summed E-state index contributed by atoms with van der Waals surface area (Å²) in [4.78, 5) is 0. The summed E-state index contributed by atoms with van der Waals surface area (Å²) in [5, 5.41) is 3.54. The first-order chi connectivity index (χ1) is 8.63. The zero-order chi connectivity index (χ0) is 12.7. The highest BCUT2D eigenvalue weighted by Gasteiger charge is 2.28. The van der Waals surface area contributed by atoms with Crippen molar-refractivity contribution in [2.75, 3.05) is 0 Å². The molecule has 0 spiro atoms. The second-order valence-corrected chi connectivity index (χ2v) is 4.99. The molecule has 0 amide bonds. The Kier molecular flexibility index (Phi) is 2.71. The molecule has 0 saturated heterocycles. The van der Waals surface area contributed by atoms with Crippen LogP contribution in [0.5, 0.6) is 0 Å². The minimum absolute atomic E-state index is 0.0989. The second-order valence-electron chi connectivity index (χ2n) is 4.99. The summed E-state index contributed by atoms with van der Waals surface area (Å²) < 4.78 is 18.7. The molecule has 18 heavy (non-hydrogen) atoms. The molecule has 0 aliphatic carbocycles. The van der Waals surface area contributed by atoms with E-state index >= 15 is 0 Å². The molecule has 0 radical (unpaired) electrons. The van der Waals surface area contributed by atoms with E-state index in [2.05, 4.69) is 18.3 Å². The third kappa shape index (κ3) is 1.95. The maximum atomic E-state index is 13.0. The van der Waals surface area contributed by atoms with Crippen LogP contribution in [-0.4, -0.2) is 6.04 Å². The third-order valence-corrected chi connectivity index (χ3v) is 3.42. The minimum Gasteiger partial charge on any atom is -0.466 e. The normalized spacial score (nSPS) is 22.8. The van der Waals surface area contributed by atoms with Crippen molar-refractivity contribution in [1.82, 2.24) is 5.32 Å². The van der Waals surface area contributed by atoms with Crippen LogP contribution in [0.4, 0.5) is 4.39 Å². The number of nitrogens with one attached hydrogen (secondary N) is 1. The van der Waals surface area contributed by atoms with E-state index in [-0.39, 0.29) is 11.9 Å². The molecule has 2 atom stereocenters. The van der Waals surface area contributed by atoms with Gasteiger partial charge in [0.05, 0.1) is 6.04 Å². The highest BCUT2D eigenvalue weighted by molar-refractivity contribution is 5.37. The van der Waals surface area contributed by atoms with Crippen molar-refractivity contribution in [1.29, 1.82) is 0 Å². The molecule has 2 heterocycles. The fourth-order valence-corrected chi connectivity index (χ4v) is 2.63. The maximum absolute atomic E-state index is 13.0. The smallest absolute Gasteiger partial charge is 0.123 e. The Bertz CT molecular complexity index is 558. The van der Waals surface area contributed by atoms with Gasteiger partial charge in [0.1, 0.15) is 17.3 Å². The average Bonchev–Trinajstić information content (AvgIpc) is 2.69. The van der Waals surface area contributed by atoms with Crippen molar-refractivity contribution in [3.8, 4) is 0 Å². The monoisotopic (exact) mass is 245 g/mol. The number of benzene rings is 1. The van der Waals surface area contributed by atoms with E-state index in [4.69, 9.17) is 4.42 Å². The molecule has 0 fully saturated rings. The number of aryl methyl sites for hydroxylation is 1. The zero-order valence-corrected chi connectivity index (χ0v) is 10.5.